The van der Waals surface area contributed by atoms with Gasteiger partial charge in [0.2, 0.25) is 0 Å². The van der Waals surface area contributed by atoms with Gasteiger partial charge in [0.25, 0.3) is 0 Å². The van der Waals surface area contributed by atoms with Crippen molar-refractivity contribution in [2.45, 2.75) is 48.3 Å². The summed E-state index contributed by atoms with van der Waals surface area (Å²) in [7, 11) is 0. The van der Waals surface area contributed by atoms with Gasteiger partial charge in [-0.1, -0.05) is 5.11 Å². The van der Waals surface area contributed by atoms with Crippen molar-refractivity contribution in [3.63, 3.8) is 0 Å². The van der Waals surface area contributed by atoms with Crippen LogP contribution in [0, 0.1) is 5.41 Å². The summed E-state index contributed by atoms with van der Waals surface area (Å²) in [5.74, 6) is 0. The first-order chi connectivity index (χ1) is 16.0. The molecule has 24 heteroatoms. The van der Waals surface area contributed by atoms with Gasteiger partial charge in [0.05, 0.1) is 19.8 Å². The molecule has 0 heterocycles. The lowest BCUT2D eigenvalue weighted by Crippen LogP contribution is -2.70. The maximum Gasteiger partial charge on any atom is 0.435 e. The minimum Gasteiger partial charge on any atom is -0.396 e. The number of aliphatic hydroxyl groups excluding tert-OH is 1. The fraction of sp³-hybridized carbons (Fsp3) is 1.00. The zero-order valence-electron chi connectivity index (χ0n) is 16.7. The van der Waals surface area contributed by atoms with Gasteiger partial charge in [0.1, 0.15) is 0 Å². The molecule has 0 unspecified atom stereocenters. The summed E-state index contributed by atoms with van der Waals surface area (Å²) >= 11 is 0. The molecular weight excluding hydrogens is 588 g/mol. The zero-order chi connectivity index (χ0) is 30.2. The first-order valence-electron chi connectivity index (χ1n) is 8.33. The standard InChI is InChI=1S/C13H9F18N3O3/c14-8(15,16)6(9(17,18)19,10(20,21)22)36-3-5(2-35,1-33-34-32)4-37-7(11(23,24)25,12(26,27)28)13(29,30)31/h35H,1-4H2. The quantitative estimate of drug-likeness (QED) is 0.150. The summed E-state index contributed by atoms with van der Waals surface area (Å²) in [4.78, 5) is 1.72. The van der Waals surface area contributed by atoms with E-state index in [4.69, 9.17) is 5.53 Å². The van der Waals surface area contributed by atoms with Gasteiger partial charge in [-0.05, 0) is 5.53 Å². The first kappa shape index (κ1) is 34.9. The molecule has 6 nitrogen and oxygen atoms in total. The van der Waals surface area contributed by atoms with E-state index in [0.717, 1.165) is 0 Å². The van der Waals surface area contributed by atoms with Crippen molar-refractivity contribution < 1.29 is 93.6 Å². The number of azide groups is 1. The Labute approximate surface area is 190 Å². The lowest BCUT2D eigenvalue weighted by Gasteiger charge is -2.43. The Morgan fingerprint density at radius 1 is 0.541 bits per heavy atom. The van der Waals surface area contributed by atoms with E-state index in [1.54, 1.807) is 4.91 Å². The van der Waals surface area contributed by atoms with Crippen LogP contribution < -0.4 is 0 Å². The average molecular weight is 597 g/mol. The predicted molar refractivity (Wildman–Crippen MR) is 77.2 cm³/mol. The molecule has 0 rings (SSSR count). The third-order valence-corrected chi connectivity index (χ3v) is 4.39. The monoisotopic (exact) mass is 597 g/mol. The van der Waals surface area contributed by atoms with Gasteiger partial charge < -0.3 is 14.6 Å². The molecule has 0 aromatic rings. The summed E-state index contributed by atoms with van der Waals surface area (Å²) in [5, 5.41) is 11.4. The summed E-state index contributed by atoms with van der Waals surface area (Å²) in [6.07, 6.45) is -45.0. The maximum absolute atomic E-state index is 13.0. The molecule has 0 amide bonds. The molecule has 37 heavy (non-hydrogen) atoms. The summed E-state index contributed by atoms with van der Waals surface area (Å²) in [6, 6.07) is 0. The second-order valence-electron chi connectivity index (χ2n) is 6.97. The van der Waals surface area contributed by atoms with Crippen molar-refractivity contribution in [3.8, 4) is 0 Å². The molecule has 0 radical (unpaired) electrons. The lowest BCUT2D eigenvalue weighted by atomic mass is 9.89. The second-order valence-corrected chi connectivity index (χ2v) is 6.97. The van der Waals surface area contributed by atoms with Crippen LogP contribution in [0.1, 0.15) is 0 Å². The molecule has 220 valence electrons. The van der Waals surface area contributed by atoms with Gasteiger partial charge in [0.15, 0.2) is 0 Å². The molecule has 1 N–H and O–H groups in total. The van der Waals surface area contributed by atoms with Crippen molar-refractivity contribution in [1.29, 1.82) is 0 Å². The van der Waals surface area contributed by atoms with Crippen LogP contribution in [0.25, 0.3) is 10.4 Å². The second kappa shape index (κ2) is 10.2. The summed E-state index contributed by atoms with van der Waals surface area (Å²) < 4.78 is 239. The highest BCUT2D eigenvalue weighted by Gasteiger charge is 2.87. The highest BCUT2D eigenvalue weighted by atomic mass is 19.4. The minimum absolute atomic E-state index is 1.72. The molecule has 0 aliphatic rings. The number of hydrogen-bond donors (Lipinski definition) is 1. The highest BCUT2D eigenvalue weighted by Crippen LogP contribution is 2.57. The number of hydrogen-bond acceptors (Lipinski definition) is 4. The molecular formula is C13H9F18N3O3. The molecule has 0 bridgehead atoms. The van der Waals surface area contributed by atoms with Crippen LogP contribution in [0.4, 0.5) is 79.0 Å². The Hall–Kier alpha value is -2.07. The van der Waals surface area contributed by atoms with Crippen LogP contribution in [-0.2, 0) is 9.47 Å². The Kier molecular flexibility index (Phi) is 9.67. The van der Waals surface area contributed by atoms with Crippen LogP contribution in [-0.4, -0.2) is 79.7 Å². The van der Waals surface area contributed by atoms with Crippen molar-refractivity contribution >= 4 is 0 Å². The van der Waals surface area contributed by atoms with Gasteiger partial charge in [-0.3, -0.25) is 0 Å². The lowest BCUT2D eigenvalue weighted by molar-refractivity contribution is -0.467. The van der Waals surface area contributed by atoms with Crippen molar-refractivity contribution in [2.75, 3.05) is 26.4 Å². The van der Waals surface area contributed by atoms with E-state index in [0.29, 0.717) is 0 Å². The molecule has 0 fully saturated rings. The van der Waals surface area contributed by atoms with Gasteiger partial charge in [-0.2, -0.15) is 79.0 Å². The number of alkyl halides is 18. The largest absolute Gasteiger partial charge is 0.435 e. The molecule has 0 aromatic carbocycles. The Bertz CT molecular complexity index is 689. The first-order valence-corrected chi connectivity index (χ1v) is 8.33. The average Bonchev–Trinajstić information content (AvgIpc) is 2.59. The van der Waals surface area contributed by atoms with E-state index in [-0.39, 0.29) is 0 Å². The van der Waals surface area contributed by atoms with Crippen LogP contribution in [0.2, 0.25) is 0 Å². The topological polar surface area (TPSA) is 87.5 Å². The molecule has 0 aliphatic carbocycles. The number of halogens is 18. The van der Waals surface area contributed by atoms with Crippen molar-refractivity contribution in [2.24, 2.45) is 10.5 Å². The molecule has 0 saturated heterocycles. The van der Waals surface area contributed by atoms with E-state index >= 15 is 0 Å². The number of nitrogens with zero attached hydrogens (tertiary/aromatic N) is 3. The molecule has 0 atom stereocenters. The van der Waals surface area contributed by atoms with E-state index in [1.165, 1.54) is 0 Å². The predicted octanol–water partition coefficient (Wildman–Crippen LogP) is 6.16. The molecule has 0 aromatic heterocycles. The molecule has 0 spiro atoms. The van der Waals surface area contributed by atoms with Gasteiger partial charge in [-0.15, -0.1) is 0 Å². The highest BCUT2D eigenvalue weighted by molar-refractivity contribution is 5.05. The minimum atomic E-state index is -7.50. The van der Waals surface area contributed by atoms with Crippen LogP contribution >= 0.6 is 0 Å². The van der Waals surface area contributed by atoms with Crippen LogP contribution in [0.5, 0.6) is 0 Å². The van der Waals surface area contributed by atoms with Crippen LogP contribution in [0.3, 0.4) is 0 Å². The fourth-order valence-electron chi connectivity index (χ4n) is 2.43. The Morgan fingerprint density at radius 3 is 0.946 bits per heavy atom. The van der Waals surface area contributed by atoms with E-state index in [9.17, 15) is 84.1 Å². The Balaban J connectivity index is 6.94. The third kappa shape index (κ3) is 6.33. The van der Waals surface area contributed by atoms with E-state index < -0.39 is 80.0 Å². The molecule has 0 saturated carbocycles. The number of aliphatic hydroxyl groups is 1. The smallest absolute Gasteiger partial charge is 0.396 e. The number of rotatable bonds is 9. The van der Waals surface area contributed by atoms with Crippen molar-refractivity contribution in [1.82, 2.24) is 0 Å². The van der Waals surface area contributed by atoms with Crippen LogP contribution in [0.15, 0.2) is 5.11 Å². The zero-order valence-corrected chi connectivity index (χ0v) is 16.7. The third-order valence-electron chi connectivity index (χ3n) is 4.39. The van der Waals surface area contributed by atoms with Gasteiger partial charge in [0, 0.05) is 16.9 Å². The van der Waals surface area contributed by atoms with E-state index in [2.05, 4.69) is 14.6 Å². The van der Waals surface area contributed by atoms with Gasteiger partial charge in [-0.25, -0.2) is 0 Å². The molecule has 0 aliphatic heterocycles. The van der Waals surface area contributed by atoms with Crippen molar-refractivity contribution in [3.05, 3.63) is 10.4 Å². The Morgan fingerprint density at radius 2 is 0.784 bits per heavy atom. The normalized spacial score (nSPS) is 15.5. The SMILES string of the molecule is [N-]=[N+]=NCC(CO)(COC(C(F)(F)F)(C(F)(F)F)C(F)(F)F)COC(C(F)(F)F)(C(F)(F)F)C(F)(F)F. The van der Waals surface area contributed by atoms with Gasteiger partial charge >= 0.3 is 48.3 Å². The maximum atomic E-state index is 13.0. The fourth-order valence-corrected chi connectivity index (χ4v) is 2.43. The van der Waals surface area contributed by atoms with E-state index in [1.807, 2.05) is 0 Å². The number of ether oxygens (including phenoxy) is 2. The summed E-state index contributed by atoms with van der Waals surface area (Å²) in [6.45, 7) is -10.6. The summed E-state index contributed by atoms with van der Waals surface area (Å²) in [5.41, 5.74) is -10.2.